The van der Waals surface area contributed by atoms with E-state index in [-0.39, 0.29) is 5.91 Å². The van der Waals surface area contributed by atoms with Crippen LogP contribution in [-0.2, 0) is 4.79 Å². The van der Waals surface area contributed by atoms with Crippen molar-refractivity contribution in [3.8, 4) is 0 Å². The fourth-order valence-corrected chi connectivity index (χ4v) is 10.2. The Hall–Kier alpha value is -4.40. The van der Waals surface area contributed by atoms with Crippen LogP contribution in [0.1, 0.15) is 25.7 Å². The van der Waals surface area contributed by atoms with E-state index in [1.807, 2.05) is 30.3 Å². The highest BCUT2D eigenvalue weighted by Crippen LogP contribution is 2.56. The van der Waals surface area contributed by atoms with Crippen LogP contribution in [0, 0.1) is 0 Å². The van der Waals surface area contributed by atoms with Gasteiger partial charge in [-0.1, -0.05) is 60.7 Å². The first kappa shape index (κ1) is 26.8. The molecule has 2 heterocycles. The Morgan fingerprint density at radius 1 is 0.610 bits per heavy atom. The van der Waals surface area contributed by atoms with Crippen LogP contribution >= 0.6 is 7.26 Å². The zero-order valence-electron chi connectivity index (χ0n) is 23.0. The summed E-state index contributed by atoms with van der Waals surface area (Å²) in [6, 6.07) is 42.8. The average molecular weight is 555 g/mol. The van der Waals surface area contributed by atoms with Gasteiger partial charge in [-0.25, -0.2) is 0 Å². The van der Waals surface area contributed by atoms with Gasteiger partial charge in [-0.05, 0) is 79.9 Å². The van der Waals surface area contributed by atoms with Crippen LogP contribution in [-0.4, -0.2) is 22.0 Å². The van der Waals surface area contributed by atoms with Gasteiger partial charge in [0.05, 0.1) is 22.9 Å². The molecule has 6 rings (SSSR count). The summed E-state index contributed by atoms with van der Waals surface area (Å²) in [5, 5.41) is 9.26. The van der Waals surface area contributed by atoms with Crippen molar-refractivity contribution in [2.75, 3.05) is 11.5 Å². The predicted molar refractivity (Wildman–Crippen MR) is 174 cm³/mol. The first-order chi connectivity index (χ1) is 20.3. The van der Waals surface area contributed by atoms with Crippen molar-refractivity contribution in [2.24, 2.45) is 0 Å². The minimum atomic E-state index is -1.84. The largest absolute Gasteiger partial charge is 0.325 e. The number of unbranched alkanes of at least 4 members (excludes halogenated alkanes) is 2. The van der Waals surface area contributed by atoms with Crippen molar-refractivity contribution >= 4 is 56.6 Å². The number of nitrogens with one attached hydrogen (secondary N) is 1. The monoisotopic (exact) mass is 554 g/mol. The van der Waals surface area contributed by atoms with Crippen molar-refractivity contribution in [1.29, 1.82) is 0 Å². The Morgan fingerprint density at radius 2 is 1.17 bits per heavy atom. The second-order valence-corrected chi connectivity index (χ2v) is 13.9. The van der Waals surface area contributed by atoms with E-state index in [1.165, 1.54) is 15.9 Å². The molecule has 0 unspecified atom stereocenters. The van der Waals surface area contributed by atoms with Crippen molar-refractivity contribution in [3.05, 3.63) is 134 Å². The Bertz CT molecular complexity index is 1660. The maximum atomic E-state index is 13.1. The number of fused-ring (bicyclic) bond motifs is 3. The van der Waals surface area contributed by atoms with Crippen molar-refractivity contribution in [2.45, 2.75) is 25.7 Å². The fourth-order valence-electron chi connectivity index (χ4n) is 5.79. The molecular formula is C36H33N3OP+. The van der Waals surface area contributed by atoms with Crippen molar-refractivity contribution < 1.29 is 4.79 Å². The summed E-state index contributed by atoms with van der Waals surface area (Å²) in [6.45, 7) is 0. The van der Waals surface area contributed by atoms with E-state index in [4.69, 9.17) is 0 Å². The third kappa shape index (κ3) is 5.62. The summed E-state index contributed by atoms with van der Waals surface area (Å²) >= 11 is 0. The molecule has 0 saturated heterocycles. The highest BCUT2D eigenvalue weighted by atomic mass is 31.2. The highest BCUT2D eigenvalue weighted by Gasteiger charge is 2.44. The molecule has 5 heteroatoms. The topological polar surface area (TPSA) is 54.9 Å². The summed E-state index contributed by atoms with van der Waals surface area (Å²) in [5.41, 5.74) is 2.45. The number of aromatic nitrogens is 2. The maximum absolute atomic E-state index is 13.1. The molecule has 2 aromatic heterocycles. The van der Waals surface area contributed by atoms with Crippen LogP contribution in [0.2, 0.25) is 0 Å². The molecule has 0 aliphatic carbocycles. The number of anilines is 1. The second-order valence-electron chi connectivity index (χ2n) is 10.3. The molecule has 0 atom stereocenters. The van der Waals surface area contributed by atoms with Crippen molar-refractivity contribution in [3.63, 3.8) is 0 Å². The predicted octanol–water partition coefficient (Wildman–Crippen LogP) is 7.28. The quantitative estimate of drug-likeness (QED) is 0.110. The van der Waals surface area contributed by atoms with Gasteiger partial charge in [0.1, 0.15) is 23.2 Å². The molecule has 4 nitrogen and oxygen atoms in total. The fraction of sp³-hybridized carbons (Fsp3) is 0.139. The molecule has 1 amide bonds. The Kier molecular flexibility index (Phi) is 8.11. The van der Waals surface area contributed by atoms with Crippen LogP contribution in [0.3, 0.4) is 0 Å². The molecule has 0 aliphatic rings. The lowest BCUT2D eigenvalue weighted by Crippen LogP contribution is -2.33. The molecule has 6 aromatic rings. The summed E-state index contributed by atoms with van der Waals surface area (Å²) < 4.78 is 0. The molecular weight excluding hydrogens is 521 g/mol. The van der Waals surface area contributed by atoms with Crippen molar-refractivity contribution in [1.82, 2.24) is 9.97 Å². The number of amides is 1. The minimum absolute atomic E-state index is 0.0358. The number of rotatable bonds is 10. The van der Waals surface area contributed by atoms with E-state index in [1.54, 1.807) is 12.4 Å². The third-order valence-electron chi connectivity index (χ3n) is 7.72. The zero-order valence-corrected chi connectivity index (χ0v) is 23.9. The van der Waals surface area contributed by atoms with E-state index >= 15 is 0 Å². The molecule has 0 radical (unpaired) electrons. The van der Waals surface area contributed by atoms with Gasteiger partial charge < -0.3 is 5.32 Å². The normalized spacial score (nSPS) is 11.5. The van der Waals surface area contributed by atoms with Gasteiger partial charge in [0.2, 0.25) is 5.91 Å². The summed E-state index contributed by atoms with van der Waals surface area (Å²) in [5.74, 6) is 0.0358. The lowest BCUT2D eigenvalue weighted by atomic mass is 10.1. The third-order valence-corrected chi connectivity index (χ3v) is 12.2. The lowest BCUT2D eigenvalue weighted by molar-refractivity contribution is -0.116. The van der Waals surface area contributed by atoms with Gasteiger partial charge in [0.15, 0.2) is 0 Å². The summed E-state index contributed by atoms with van der Waals surface area (Å²) in [6.07, 6.45) is 7.99. The van der Waals surface area contributed by atoms with Gasteiger partial charge in [-0.3, -0.25) is 14.8 Å². The lowest BCUT2D eigenvalue weighted by Gasteiger charge is -2.27. The molecule has 4 aromatic carbocycles. The molecule has 0 saturated carbocycles. The second kappa shape index (κ2) is 12.4. The van der Waals surface area contributed by atoms with Crippen LogP contribution in [0.15, 0.2) is 134 Å². The number of carbonyl (C=O) groups excluding carboxylic acids is 1. The number of benzene rings is 4. The van der Waals surface area contributed by atoms with E-state index in [0.29, 0.717) is 6.42 Å². The first-order valence-corrected chi connectivity index (χ1v) is 16.2. The Labute approximate surface area is 241 Å². The number of nitrogens with zero attached hydrogens (tertiary/aromatic N) is 2. The molecule has 202 valence electrons. The molecule has 0 fully saturated rings. The molecule has 41 heavy (non-hydrogen) atoms. The SMILES string of the molecule is O=C(CCCCC[P+](c1ccccc1)(c1ccccc1)c1ccccc1)Nc1cc2cccnc2c2ncccc12. The number of pyridine rings is 2. The number of carbonyl (C=O) groups is 1. The van der Waals surface area contributed by atoms with Gasteiger partial charge in [-0.2, -0.15) is 0 Å². The summed E-state index contributed by atoms with van der Waals surface area (Å²) in [7, 11) is -1.84. The Balaban J connectivity index is 1.17. The van der Waals surface area contributed by atoms with E-state index < -0.39 is 7.26 Å². The van der Waals surface area contributed by atoms with E-state index in [2.05, 4.69) is 106 Å². The van der Waals surface area contributed by atoms with Gasteiger partial charge in [0, 0.05) is 29.6 Å². The van der Waals surface area contributed by atoms with E-state index in [9.17, 15) is 4.79 Å². The highest BCUT2D eigenvalue weighted by molar-refractivity contribution is 7.95. The minimum Gasteiger partial charge on any atom is -0.325 e. The molecule has 1 N–H and O–H groups in total. The van der Waals surface area contributed by atoms with Crippen LogP contribution in [0.5, 0.6) is 0 Å². The molecule has 0 aliphatic heterocycles. The number of hydrogen-bond acceptors (Lipinski definition) is 3. The smallest absolute Gasteiger partial charge is 0.224 e. The van der Waals surface area contributed by atoms with Crippen LogP contribution in [0.25, 0.3) is 21.8 Å². The number of hydrogen-bond donors (Lipinski definition) is 1. The van der Waals surface area contributed by atoms with Crippen LogP contribution < -0.4 is 21.2 Å². The molecule has 0 spiro atoms. The Morgan fingerprint density at radius 3 is 1.78 bits per heavy atom. The molecule has 0 bridgehead atoms. The maximum Gasteiger partial charge on any atom is 0.224 e. The first-order valence-electron chi connectivity index (χ1n) is 14.2. The van der Waals surface area contributed by atoms with Gasteiger partial charge in [-0.15, -0.1) is 0 Å². The van der Waals surface area contributed by atoms with Gasteiger partial charge >= 0.3 is 0 Å². The zero-order chi connectivity index (χ0) is 27.9. The summed E-state index contributed by atoms with van der Waals surface area (Å²) in [4.78, 5) is 22.1. The standard InChI is InChI=1S/C36H32N3OP/c40-34(39-33-27-28-15-13-24-37-35(28)36-32(33)22-14-25-38-36)23-11-4-12-26-41(29-16-5-1-6-17-29,30-18-7-2-8-19-30)31-20-9-3-10-21-31/h1-3,5-10,13-22,24-25,27H,4,11-12,23,26H2/p+1. The average Bonchev–Trinajstić information content (AvgIpc) is 3.04. The van der Waals surface area contributed by atoms with E-state index in [0.717, 1.165) is 52.9 Å². The van der Waals surface area contributed by atoms with Gasteiger partial charge in [0.25, 0.3) is 0 Å². The van der Waals surface area contributed by atoms with Crippen LogP contribution in [0.4, 0.5) is 5.69 Å².